The van der Waals surface area contributed by atoms with Crippen LogP contribution in [0.1, 0.15) is 27.2 Å². The molecule has 2 aromatic rings. The Morgan fingerprint density at radius 3 is 2.50 bits per heavy atom. The van der Waals surface area contributed by atoms with Gasteiger partial charge in [-0.1, -0.05) is 43.9 Å². The number of hydrogen-bond donors (Lipinski definition) is 2. The molecule has 0 aliphatic rings. The van der Waals surface area contributed by atoms with Gasteiger partial charge in [0.1, 0.15) is 11.8 Å². The molecule has 1 atom stereocenters. The van der Waals surface area contributed by atoms with Gasteiger partial charge in [-0.15, -0.1) is 10.2 Å². The molecular weight excluding hydrogens is 420 g/mol. The van der Waals surface area contributed by atoms with Gasteiger partial charge in [0.25, 0.3) is 0 Å². The van der Waals surface area contributed by atoms with E-state index in [1.165, 1.54) is 42.3 Å². The van der Waals surface area contributed by atoms with Crippen molar-refractivity contribution in [3.63, 3.8) is 0 Å². The van der Waals surface area contributed by atoms with Crippen LogP contribution in [0.15, 0.2) is 33.5 Å². The van der Waals surface area contributed by atoms with E-state index in [1.54, 1.807) is 12.1 Å². The number of rotatable bonds is 10. The zero-order valence-corrected chi connectivity index (χ0v) is 18.6. The van der Waals surface area contributed by atoms with Crippen LogP contribution in [0.25, 0.3) is 0 Å². The molecule has 1 unspecified atom stereocenters. The first kappa shape index (κ1) is 22.6. The van der Waals surface area contributed by atoms with Gasteiger partial charge >= 0.3 is 0 Å². The first-order valence-corrected chi connectivity index (χ1v) is 12.0. The SMILES string of the molecule is CCSc1nnc(NC(=O)C(CC(C)C)NS(=O)(=O)c2ccc(OC)cc2)s1. The number of nitrogens with one attached hydrogen (secondary N) is 2. The molecule has 8 nitrogen and oxygen atoms in total. The molecule has 11 heteroatoms. The molecule has 0 radical (unpaired) electrons. The van der Waals surface area contributed by atoms with Gasteiger partial charge in [-0.2, -0.15) is 4.72 Å². The van der Waals surface area contributed by atoms with Crippen LogP contribution in [-0.2, 0) is 14.8 Å². The van der Waals surface area contributed by atoms with Gasteiger partial charge < -0.3 is 4.74 Å². The number of benzene rings is 1. The minimum Gasteiger partial charge on any atom is -0.497 e. The lowest BCUT2D eigenvalue weighted by Crippen LogP contribution is -2.44. The molecule has 1 amide bonds. The Morgan fingerprint density at radius 1 is 1.25 bits per heavy atom. The van der Waals surface area contributed by atoms with Gasteiger partial charge in [0.15, 0.2) is 4.34 Å². The highest BCUT2D eigenvalue weighted by molar-refractivity contribution is 8.01. The van der Waals surface area contributed by atoms with Crippen LogP contribution in [0, 0.1) is 5.92 Å². The van der Waals surface area contributed by atoms with Crippen molar-refractivity contribution in [3.8, 4) is 5.75 Å². The molecule has 1 aromatic carbocycles. The Balaban J connectivity index is 2.15. The molecule has 2 rings (SSSR count). The second-order valence-corrected chi connectivity index (χ2v) is 10.5. The van der Waals surface area contributed by atoms with Crippen molar-refractivity contribution >= 4 is 44.2 Å². The number of carbonyl (C=O) groups is 1. The molecule has 0 saturated heterocycles. The molecule has 1 aromatic heterocycles. The second kappa shape index (κ2) is 10.2. The summed E-state index contributed by atoms with van der Waals surface area (Å²) in [5.74, 6) is 1.04. The summed E-state index contributed by atoms with van der Waals surface area (Å²) in [6.45, 7) is 5.84. The second-order valence-electron chi connectivity index (χ2n) is 6.27. The van der Waals surface area contributed by atoms with Crippen molar-refractivity contribution < 1.29 is 17.9 Å². The maximum atomic E-state index is 12.7. The average molecular weight is 445 g/mol. The molecule has 0 spiro atoms. The number of nitrogens with zero attached hydrogens (tertiary/aromatic N) is 2. The van der Waals surface area contributed by atoms with E-state index >= 15 is 0 Å². The predicted molar refractivity (Wildman–Crippen MR) is 111 cm³/mol. The molecule has 0 aliphatic carbocycles. The van der Waals surface area contributed by atoms with Gasteiger partial charge in [-0.3, -0.25) is 10.1 Å². The number of thioether (sulfide) groups is 1. The Bertz CT molecular complexity index is 882. The monoisotopic (exact) mass is 444 g/mol. The Kier molecular flexibility index (Phi) is 8.23. The van der Waals surface area contributed by atoms with Crippen LogP contribution >= 0.6 is 23.1 Å². The Morgan fingerprint density at radius 2 is 1.93 bits per heavy atom. The minimum absolute atomic E-state index is 0.0624. The van der Waals surface area contributed by atoms with E-state index in [1.807, 2.05) is 20.8 Å². The van der Waals surface area contributed by atoms with Crippen molar-refractivity contribution in [3.05, 3.63) is 24.3 Å². The molecule has 28 heavy (non-hydrogen) atoms. The van der Waals surface area contributed by atoms with E-state index < -0.39 is 22.0 Å². The smallest absolute Gasteiger partial charge is 0.244 e. The number of aromatic nitrogens is 2. The van der Waals surface area contributed by atoms with Gasteiger partial charge in [0, 0.05) is 0 Å². The fraction of sp³-hybridized carbons (Fsp3) is 0.471. The highest BCUT2D eigenvalue weighted by atomic mass is 32.2. The fourth-order valence-electron chi connectivity index (χ4n) is 2.32. The predicted octanol–water partition coefficient (Wildman–Crippen LogP) is 2.99. The molecule has 0 bridgehead atoms. The van der Waals surface area contributed by atoms with E-state index in [0.717, 1.165) is 10.1 Å². The Labute approximate surface area is 173 Å². The Hall–Kier alpha value is -1.69. The average Bonchev–Trinajstić information content (AvgIpc) is 3.08. The summed E-state index contributed by atoms with van der Waals surface area (Å²) in [4.78, 5) is 12.8. The van der Waals surface area contributed by atoms with E-state index in [2.05, 4.69) is 20.2 Å². The minimum atomic E-state index is -3.87. The lowest BCUT2D eigenvalue weighted by atomic mass is 10.0. The summed E-state index contributed by atoms with van der Waals surface area (Å²) in [5.41, 5.74) is 0. The third kappa shape index (κ3) is 6.43. The molecule has 0 fully saturated rings. The van der Waals surface area contributed by atoms with Gasteiger partial charge in [-0.25, -0.2) is 8.42 Å². The van der Waals surface area contributed by atoms with Crippen molar-refractivity contribution in [1.29, 1.82) is 0 Å². The van der Waals surface area contributed by atoms with E-state index in [4.69, 9.17) is 4.74 Å². The molecule has 1 heterocycles. The number of amides is 1. The number of hydrogen-bond acceptors (Lipinski definition) is 8. The van der Waals surface area contributed by atoms with Crippen molar-refractivity contribution in [2.45, 2.75) is 42.5 Å². The van der Waals surface area contributed by atoms with Crippen LogP contribution < -0.4 is 14.8 Å². The van der Waals surface area contributed by atoms with Crippen molar-refractivity contribution in [2.75, 3.05) is 18.2 Å². The summed E-state index contributed by atoms with van der Waals surface area (Å²) in [6.07, 6.45) is 0.344. The number of sulfonamides is 1. The van der Waals surface area contributed by atoms with Crippen molar-refractivity contribution in [2.24, 2.45) is 5.92 Å². The largest absolute Gasteiger partial charge is 0.497 e. The standard InChI is InChI=1S/C17H24N4O4S3/c1-5-26-17-20-19-16(27-17)18-15(22)14(10-11(2)3)21-28(23,24)13-8-6-12(25-4)7-9-13/h6-9,11,14,21H,5,10H2,1-4H3,(H,18,19,22). The van der Waals surface area contributed by atoms with Crippen molar-refractivity contribution in [1.82, 2.24) is 14.9 Å². The lowest BCUT2D eigenvalue weighted by molar-refractivity contribution is -0.118. The van der Waals surface area contributed by atoms with Crippen LogP contribution in [0.5, 0.6) is 5.75 Å². The normalized spacial score (nSPS) is 12.8. The fourth-order valence-corrected chi connectivity index (χ4v) is 5.19. The van der Waals surface area contributed by atoms with Crippen LogP contribution in [0.3, 0.4) is 0 Å². The van der Waals surface area contributed by atoms with Crippen LogP contribution in [0.4, 0.5) is 5.13 Å². The zero-order valence-electron chi connectivity index (χ0n) is 16.1. The van der Waals surface area contributed by atoms with Gasteiger partial charge in [-0.05, 0) is 42.4 Å². The number of ether oxygens (including phenoxy) is 1. The summed E-state index contributed by atoms with van der Waals surface area (Å²) < 4.78 is 33.7. The van der Waals surface area contributed by atoms with Crippen LogP contribution in [-0.4, -0.2) is 43.4 Å². The molecule has 2 N–H and O–H groups in total. The molecule has 0 aliphatic heterocycles. The molecule has 154 valence electrons. The lowest BCUT2D eigenvalue weighted by Gasteiger charge is -2.19. The first-order chi connectivity index (χ1) is 13.2. The highest BCUT2D eigenvalue weighted by Crippen LogP contribution is 2.25. The maximum Gasteiger partial charge on any atom is 0.244 e. The number of anilines is 1. The third-order valence-corrected chi connectivity index (χ3v) is 6.94. The number of carbonyl (C=O) groups excluding carboxylic acids is 1. The van der Waals surface area contributed by atoms with Gasteiger partial charge in [0.2, 0.25) is 21.1 Å². The zero-order chi connectivity index (χ0) is 20.7. The van der Waals surface area contributed by atoms with E-state index in [0.29, 0.717) is 17.3 Å². The topological polar surface area (TPSA) is 110 Å². The first-order valence-electron chi connectivity index (χ1n) is 8.68. The quantitative estimate of drug-likeness (QED) is 0.428. The summed E-state index contributed by atoms with van der Waals surface area (Å²) in [7, 11) is -2.37. The van der Waals surface area contributed by atoms with E-state index in [-0.39, 0.29) is 10.8 Å². The summed E-state index contributed by atoms with van der Waals surface area (Å²) in [6, 6.07) is 5.05. The van der Waals surface area contributed by atoms with E-state index in [9.17, 15) is 13.2 Å². The number of methoxy groups -OCH3 is 1. The summed E-state index contributed by atoms with van der Waals surface area (Å²) in [5, 5.41) is 10.9. The molecular formula is C17H24N4O4S3. The molecule has 0 saturated carbocycles. The maximum absolute atomic E-state index is 12.7. The third-order valence-electron chi connectivity index (χ3n) is 3.60. The summed E-state index contributed by atoms with van der Waals surface area (Å²) >= 11 is 2.78. The highest BCUT2D eigenvalue weighted by Gasteiger charge is 2.27. The van der Waals surface area contributed by atoms with Crippen LogP contribution in [0.2, 0.25) is 0 Å². The van der Waals surface area contributed by atoms with Gasteiger partial charge in [0.05, 0.1) is 12.0 Å².